The number of hydrogen-bond acceptors (Lipinski definition) is 7. The van der Waals surface area contributed by atoms with Gasteiger partial charge in [-0.2, -0.15) is 0 Å². The zero-order valence-corrected chi connectivity index (χ0v) is 16.4. The topological polar surface area (TPSA) is 94.6 Å². The molecule has 0 unspecified atom stereocenters. The number of hydrazine groups is 1. The smallest absolute Gasteiger partial charge is 0.269 e. The van der Waals surface area contributed by atoms with Crippen LogP contribution in [0.3, 0.4) is 0 Å². The van der Waals surface area contributed by atoms with E-state index < -0.39 is 0 Å². The average molecular weight is 374 g/mol. The Kier molecular flexibility index (Phi) is 7.22. The summed E-state index contributed by atoms with van der Waals surface area (Å²) in [4.78, 5) is 21.0. The van der Waals surface area contributed by atoms with E-state index in [-0.39, 0.29) is 5.91 Å². The maximum absolute atomic E-state index is 12.6. The van der Waals surface area contributed by atoms with Crippen molar-refractivity contribution in [2.45, 2.75) is 34.6 Å². The highest BCUT2D eigenvalue weighted by Crippen LogP contribution is 2.39. The fraction of sp³-hybridized carbons (Fsp3) is 0.421. The minimum absolute atomic E-state index is 0.321. The van der Waals surface area contributed by atoms with E-state index in [0.717, 1.165) is 11.4 Å². The lowest BCUT2D eigenvalue weighted by atomic mass is 10.1. The molecule has 8 heteroatoms. The van der Waals surface area contributed by atoms with E-state index >= 15 is 0 Å². The van der Waals surface area contributed by atoms with Crippen molar-refractivity contribution in [1.29, 1.82) is 0 Å². The molecular weight excluding hydrogens is 348 g/mol. The Morgan fingerprint density at radius 3 is 1.89 bits per heavy atom. The van der Waals surface area contributed by atoms with E-state index in [1.807, 2.05) is 40.7 Å². The van der Waals surface area contributed by atoms with Crippen LogP contribution in [0.2, 0.25) is 0 Å². The first kappa shape index (κ1) is 20.3. The van der Waals surface area contributed by atoms with Crippen LogP contribution in [-0.4, -0.2) is 35.7 Å². The molecule has 0 bridgehead atoms. The number of nitrogens with one attached hydrogen (secondary N) is 2. The maximum Gasteiger partial charge on any atom is 0.269 e. The number of hydrogen-bond donors (Lipinski definition) is 2. The zero-order valence-electron chi connectivity index (χ0n) is 16.4. The average Bonchev–Trinajstić information content (AvgIpc) is 2.61. The number of nitrogens with zero attached hydrogens (tertiary/aromatic N) is 2. The molecule has 0 fully saturated rings. The number of aryl methyl sites for hydroxylation is 2. The third-order valence-corrected chi connectivity index (χ3v) is 3.44. The zero-order chi connectivity index (χ0) is 19.8. The summed E-state index contributed by atoms with van der Waals surface area (Å²) in [5, 5.41) is 0. The fourth-order valence-corrected chi connectivity index (χ4v) is 2.49. The highest BCUT2D eigenvalue weighted by molar-refractivity contribution is 5.96. The first-order valence-electron chi connectivity index (χ1n) is 8.93. The number of carbonyl (C=O) groups excluding carboxylic acids is 1. The predicted octanol–water partition coefficient (Wildman–Crippen LogP) is 3.05. The van der Waals surface area contributed by atoms with Crippen molar-refractivity contribution < 1.29 is 19.0 Å². The van der Waals surface area contributed by atoms with Gasteiger partial charge in [0.05, 0.1) is 19.8 Å². The van der Waals surface area contributed by atoms with Crippen molar-refractivity contribution in [2.75, 3.05) is 25.2 Å². The molecule has 2 N–H and O–H groups in total. The molecule has 1 heterocycles. The summed E-state index contributed by atoms with van der Waals surface area (Å²) in [6.07, 6.45) is 0. The molecule has 0 aliphatic carbocycles. The van der Waals surface area contributed by atoms with Crippen molar-refractivity contribution in [3.05, 3.63) is 35.2 Å². The van der Waals surface area contributed by atoms with E-state index in [9.17, 15) is 4.79 Å². The van der Waals surface area contributed by atoms with Gasteiger partial charge < -0.3 is 14.2 Å². The van der Waals surface area contributed by atoms with Gasteiger partial charge in [-0.25, -0.2) is 9.97 Å². The second kappa shape index (κ2) is 9.61. The number of amides is 1. The summed E-state index contributed by atoms with van der Waals surface area (Å²) in [7, 11) is 0. The van der Waals surface area contributed by atoms with Crippen LogP contribution in [0.4, 0.5) is 5.95 Å². The molecule has 0 spiro atoms. The van der Waals surface area contributed by atoms with Crippen molar-refractivity contribution in [3.8, 4) is 17.2 Å². The van der Waals surface area contributed by atoms with Crippen molar-refractivity contribution in [1.82, 2.24) is 15.4 Å². The van der Waals surface area contributed by atoms with E-state index in [1.165, 1.54) is 0 Å². The first-order valence-corrected chi connectivity index (χ1v) is 8.93. The van der Waals surface area contributed by atoms with Gasteiger partial charge in [0.2, 0.25) is 11.7 Å². The van der Waals surface area contributed by atoms with Crippen LogP contribution in [0, 0.1) is 13.8 Å². The lowest BCUT2D eigenvalue weighted by Gasteiger charge is -2.17. The largest absolute Gasteiger partial charge is 0.490 e. The van der Waals surface area contributed by atoms with Gasteiger partial charge in [0.1, 0.15) is 0 Å². The molecule has 2 aromatic rings. The van der Waals surface area contributed by atoms with Crippen LogP contribution in [0.15, 0.2) is 18.2 Å². The van der Waals surface area contributed by atoms with E-state index in [4.69, 9.17) is 14.2 Å². The van der Waals surface area contributed by atoms with Crippen LogP contribution in [0.25, 0.3) is 0 Å². The molecule has 27 heavy (non-hydrogen) atoms. The van der Waals surface area contributed by atoms with Crippen molar-refractivity contribution in [2.24, 2.45) is 0 Å². The van der Waals surface area contributed by atoms with E-state index in [1.54, 1.807) is 12.1 Å². The Bertz CT molecular complexity index is 748. The number of ether oxygens (including phenoxy) is 3. The summed E-state index contributed by atoms with van der Waals surface area (Å²) in [5.41, 5.74) is 7.30. The lowest BCUT2D eigenvalue weighted by Crippen LogP contribution is -2.30. The molecule has 0 aliphatic rings. The van der Waals surface area contributed by atoms with Crippen LogP contribution in [0.1, 0.15) is 42.5 Å². The van der Waals surface area contributed by atoms with Gasteiger partial charge in [0.15, 0.2) is 11.5 Å². The molecular formula is C19H26N4O4. The van der Waals surface area contributed by atoms with Crippen LogP contribution >= 0.6 is 0 Å². The molecule has 1 amide bonds. The Labute approximate surface area is 159 Å². The normalized spacial score (nSPS) is 10.3. The van der Waals surface area contributed by atoms with E-state index in [2.05, 4.69) is 20.8 Å². The quantitative estimate of drug-likeness (QED) is 0.651. The lowest BCUT2D eigenvalue weighted by molar-refractivity contribution is 0.0961. The van der Waals surface area contributed by atoms with Gasteiger partial charge in [-0.1, -0.05) is 0 Å². The number of carbonyl (C=O) groups is 1. The summed E-state index contributed by atoms with van der Waals surface area (Å²) >= 11 is 0. The molecule has 146 valence electrons. The van der Waals surface area contributed by atoms with Crippen LogP contribution < -0.4 is 25.1 Å². The van der Waals surface area contributed by atoms with Gasteiger partial charge >= 0.3 is 0 Å². The molecule has 0 saturated heterocycles. The fourth-order valence-electron chi connectivity index (χ4n) is 2.49. The summed E-state index contributed by atoms with van der Waals surface area (Å²) in [5.74, 6) is 1.35. The number of aromatic nitrogens is 2. The maximum atomic E-state index is 12.6. The predicted molar refractivity (Wildman–Crippen MR) is 103 cm³/mol. The Morgan fingerprint density at radius 1 is 0.889 bits per heavy atom. The Balaban J connectivity index is 2.25. The summed E-state index contributed by atoms with van der Waals surface area (Å²) < 4.78 is 16.9. The number of anilines is 1. The third-order valence-electron chi connectivity index (χ3n) is 3.44. The number of benzene rings is 1. The van der Waals surface area contributed by atoms with Crippen LogP contribution in [-0.2, 0) is 0 Å². The van der Waals surface area contributed by atoms with Gasteiger partial charge in [-0.3, -0.25) is 15.6 Å². The van der Waals surface area contributed by atoms with Gasteiger partial charge in [-0.05, 0) is 52.8 Å². The summed E-state index contributed by atoms with van der Waals surface area (Å²) in [6.45, 7) is 10.6. The first-order chi connectivity index (χ1) is 13.0. The molecule has 1 aromatic carbocycles. The molecule has 0 saturated carbocycles. The van der Waals surface area contributed by atoms with Gasteiger partial charge in [-0.15, -0.1) is 0 Å². The molecule has 2 rings (SSSR count). The SMILES string of the molecule is CCOc1cc(C(=O)NNc2nc(C)cc(C)n2)cc(OCC)c1OCC. The monoisotopic (exact) mass is 374 g/mol. The third kappa shape index (κ3) is 5.47. The second-order valence-electron chi connectivity index (χ2n) is 5.65. The van der Waals surface area contributed by atoms with Gasteiger partial charge in [0, 0.05) is 17.0 Å². The van der Waals surface area contributed by atoms with Crippen molar-refractivity contribution in [3.63, 3.8) is 0 Å². The molecule has 0 aliphatic heterocycles. The second-order valence-corrected chi connectivity index (χ2v) is 5.65. The minimum atomic E-state index is -0.372. The van der Waals surface area contributed by atoms with E-state index in [0.29, 0.717) is 48.6 Å². The minimum Gasteiger partial charge on any atom is -0.490 e. The molecule has 8 nitrogen and oxygen atoms in total. The van der Waals surface area contributed by atoms with Crippen LogP contribution in [0.5, 0.6) is 17.2 Å². The molecule has 0 atom stereocenters. The molecule has 1 aromatic heterocycles. The number of rotatable bonds is 9. The Morgan fingerprint density at radius 2 is 1.41 bits per heavy atom. The standard InChI is InChI=1S/C19H26N4O4/c1-6-25-15-10-14(11-16(26-7-2)17(15)27-8-3)18(24)22-23-19-20-12(4)9-13(5)21-19/h9-11H,6-8H2,1-5H3,(H,22,24)(H,20,21,23). The van der Waals surface area contributed by atoms with Crippen molar-refractivity contribution >= 4 is 11.9 Å². The Hall–Kier alpha value is -3.03. The summed E-state index contributed by atoms with van der Waals surface area (Å²) in [6, 6.07) is 5.09. The highest BCUT2D eigenvalue weighted by Gasteiger charge is 2.18. The molecule has 0 radical (unpaired) electrons. The van der Waals surface area contributed by atoms with Gasteiger partial charge in [0.25, 0.3) is 5.91 Å². The highest BCUT2D eigenvalue weighted by atomic mass is 16.5.